The van der Waals surface area contributed by atoms with Gasteiger partial charge in [0.05, 0.1) is 49.9 Å². The number of esters is 1. The number of alkyl carbamates (subject to hydrolysis) is 1. The molecule has 2 N–H and O–H groups in total. The number of sulfonamides is 1. The van der Waals surface area contributed by atoms with E-state index in [2.05, 4.69) is 5.32 Å². The van der Waals surface area contributed by atoms with Gasteiger partial charge in [0.2, 0.25) is 16.4 Å². The third kappa shape index (κ3) is 9.92. The van der Waals surface area contributed by atoms with E-state index >= 15 is 0 Å². The van der Waals surface area contributed by atoms with E-state index in [1.54, 1.807) is 31.2 Å². The molecule has 282 valence electrons. The lowest BCUT2D eigenvalue weighted by atomic mass is 10.0. The molecule has 0 spiro atoms. The molecule has 2 aromatic rings. The SMILES string of the molecule is CCOC(=O)COP1(=O)COc2ccc(cc2)C[C@H](NC(=O)O[C@H]2CO[C@H]3OCC[C@H]32)[C@H](O)CN(CC(C)C)S(=O)(=O)c2ccc(OC)c(c2)O1. The molecule has 4 aliphatic rings. The molecule has 6 rings (SSSR count). The Balaban J connectivity index is 1.49. The molecule has 2 aromatic carbocycles. The maximum absolute atomic E-state index is 14.2. The number of methoxy groups -OCH3 is 1. The van der Waals surface area contributed by atoms with Crippen LogP contribution in [-0.4, -0.2) is 107 Å². The highest BCUT2D eigenvalue weighted by Gasteiger charge is 2.44. The smallest absolute Gasteiger partial charge is 0.417 e. The maximum Gasteiger partial charge on any atom is 0.417 e. The van der Waals surface area contributed by atoms with E-state index < -0.39 is 73.7 Å². The van der Waals surface area contributed by atoms with Gasteiger partial charge in [-0.3, -0.25) is 4.52 Å². The fourth-order valence-electron chi connectivity index (χ4n) is 5.93. The molecule has 18 heteroatoms. The lowest BCUT2D eigenvalue weighted by Crippen LogP contribution is -2.51. The van der Waals surface area contributed by atoms with Crippen molar-refractivity contribution in [1.82, 2.24) is 9.62 Å². The number of rotatable bonds is 9. The van der Waals surface area contributed by atoms with E-state index in [1.165, 1.54) is 19.2 Å². The molecule has 51 heavy (non-hydrogen) atoms. The summed E-state index contributed by atoms with van der Waals surface area (Å²) in [5, 5.41) is 14.4. The van der Waals surface area contributed by atoms with E-state index in [0.717, 1.165) is 10.4 Å². The van der Waals surface area contributed by atoms with Gasteiger partial charge in [0.1, 0.15) is 11.9 Å². The summed E-state index contributed by atoms with van der Waals surface area (Å²) in [5.74, 6) is -1.04. The number of benzene rings is 2. The van der Waals surface area contributed by atoms with Gasteiger partial charge in [-0.15, -0.1) is 0 Å². The third-order valence-electron chi connectivity index (χ3n) is 8.43. The van der Waals surface area contributed by atoms with Crippen molar-refractivity contribution in [1.29, 1.82) is 0 Å². The fourth-order valence-corrected chi connectivity index (χ4v) is 8.80. The molecule has 6 atom stereocenters. The van der Waals surface area contributed by atoms with Gasteiger partial charge in [-0.05, 0) is 55.5 Å². The maximum atomic E-state index is 14.2. The topological polar surface area (TPSA) is 195 Å². The van der Waals surface area contributed by atoms with Crippen LogP contribution in [0.15, 0.2) is 47.4 Å². The first-order chi connectivity index (χ1) is 24.3. The highest BCUT2D eigenvalue weighted by Crippen LogP contribution is 2.51. The zero-order valence-corrected chi connectivity index (χ0v) is 30.6. The van der Waals surface area contributed by atoms with Crippen LogP contribution in [0, 0.1) is 11.8 Å². The number of amides is 1. The Labute approximate surface area is 297 Å². The molecule has 4 heterocycles. The quantitative estimate of drug-likeness (QED) is 0.280. The number of carbonyl (C=O) groups excluding carboxylic acids is 2. The molecule has 0 aromatic heterocycles. The van der Waals surface area contributed by atoms with Gasteiger partial charge < -0.3 is 43.4 Å². The predicted molar refractivity (Wildman–Crippen MR) is 180 cm³/mol. The predicted octanol–water partition coefficient (Wildman–Crippen LogP) is 3.30. The normalized spacial score (nSPS) is 27.8. The number of hydrogen-bond acceptors (Lipinski definition) is 14. The van der Waals surface area contributed by atoms with Crippen LogP contribution >= 0.6 is 7.60 Å². The Morgan fingerprint density at radius 3 is 2.61 bits per heavy atom. The Hall–Kier alpha value is -3.44. The van der Waals surface area contributed by atoms with Crippen molar-refractivity contribution in [2.75, 3.05) is 53.0 Å². The van der Waals surface area contributed by atoms with Crippen molar-refractivity contribution in [3.63, 3.8) is 0 Å². The van der Waals surface area contributed by atoms with Gasteiger partial charge in [-0.25, -0.2) is 22.6 Å². The summed E-state index contributed by atoms with van der Waals surface area (Å²) in [6.45, 7) is 4.86. The molecule has 1 unspecified atom stereocenters. The number of fused-ring (bicyclic) bond motifs is 11. The van der Waals surface area contributed by atoms with Crippen LogP contribution in [0.3, 0.4) is 0 Å². The standard InChI is InChI=1S/C33H45N2O14PS/c1-5-43-31(37)19-47-50(39)20-46-23-8-6-22(7-9-23)14-26(34-33(38)48-30-18-45-32-25(30)12-13-44-32)27(36)17-35(16-21(2)3)51(40,41)24-10-11-28(42-4)29(15-24)49-50/h6-11,15,21,25-27,30,32,36H,5,12-14,16-20H2,1-4H3,(H,34,38)/t25-,26-,27+,30-,32+,50?/m0/s1. The minimum Gasteiger partial charge on any atom is -0.493 e. The Kier molecular flexibility index (Phi) is 12.9. The monoisotopic (exact) mass is 756 g/mol. The van der Waals surface area contributed by atoms with Crippen molar-refractivity contribution in [2.45, 2.75) is 63.0 Å². The number of ether oxygens (including phenoxy) is 6. The zero-order chi connectivity index (χ0) is 36.8. The second kappa shape index (κ2) is 16.9. The van der Waals surface area contributed by atoms with Crippen LogP contribution in [0.1, 0.15) is 32.8 Å². The lowest BCUT2D eigenvalue weighted by Gasteiger charge is -2.31. The number of aliphatic hydroxyl groups is 1. The first kappa shape index (κ1) is 38.8. The summed E-state index contributed by atoms with van der Waals surface area (Å²) < 4.78 is 87.7. The number of aliphatic hydroxyl groups excluding tert-OH is 1. The highest BCUT2D eigenvalue weighted by atomic mass is 32.2. The van der Waals surface area contributed by atoms with Gasteiger partial charge in [0.25, 0.3) is 0 Å². The first-order valence-corrected chi connectivity index (χ1v) is 19.8. The number of hydrogen-bond donors (Lipinski definition) is 2. The molecular formula is C33H45N2O14PS. The van der Waals surface area contributed by atoms with Gasteiger partial charge >= 0.3 is 19.7 Å². The highest BCUT2D eigenvalue weighted by molar-refractivity contribution is 7.89. The van der Waals surface area contributed by atoms with Crippen LogP contribution in [0.5, 0.6) is 17.2 Å². The number of carbonyl (C=O) groups is 2. The number of nitrogens with zero attached hydrogens (tertiary/aromatic N) is 1. The van der Waals surface area contributed by atoms with Crippen LogP contribution in [-0.2, 0) is 49.3 Å². The molecule has 2 saturated heterocycles. The molecular weight excluding hydrogens is 711 g/mol. The summed E-state index contributed by atoms with van der Waals surface area (Å²) in [7, 11) is -7.39. The molecule has 16 nitrogen and oxygen atoms in total. The molecule has 2 fully saturated rings. The zero-order valence-electron chi connectivity index (χ0n) is 28.9. The second-order valence-corrected chi connectivity index (χ2v) is 16.6. The average molecular weight is 757 g/mol. The van der Waals surface area contributed by atoms with Gasteiger partial charge in [0, 0.05) is 19.2 Å². The summed E-state index contributed by atoms with van der Waals surface area (Å²) in [5.41, 5.74) is 0.650. The van der Waals surface area contributed by atoms with Crippen LogP contribution < -0.4 is 19.3 Å². The van der Waals surface area contributed by atoms with Crippen molar-refractivity contribution < 1.29 is 65.1 Å². The summed E-state index contributed by atoms with van der Waals surface area (Å²) in [4.78, 5) is 25.1. The molecule has 1 amide bonds. The average Bonchev–Trinajstić information content (AvgIpc) is 3.71. The van der Waals surface area contributed by atoms with Gasteiger partial charge in [-0.1, -0.05) is 26.0 Å². The summed E-state index contributed by atoms with van der Waals surface area (Å²) >= 11 is 0. The first-order valence-electron chi connectivity index (χ1n) is 16.7. The van der Waals surface area contributed by atoms with E-state index in [1.807, 2.05) is 13.8 Å². The lowest BCUT2D eigenvalue weighted by molar-refractivity contribution is -0.145. The third-order valence-corrected chi connectivity index (χ3v) is 11.7. The number of nitrogens with one attached hydrogen (secondary N) is 1. The Bertz CT molecular complexity index is 1670. The van der Waals surface area contributed by atoms with Crippen molar-refractivity contribution >= 4 is 29.7 Å². The van der Waals surface area contributed by atoms with Gasteiger partial charge in [0.15, 0.2) is 24.4 Å². The summed E-state index contributed by atoms with van der Waals surface area (Å²) in [6.07, 6.45) is -3.07. The molecule has 4 bridgehead atoms. The van der Waals surface area contributed by atoms with E-state index in [9.17, 15) is 27.7 Å². The van der Waals surface area contributed by atoms with E-state index in [0.29, 0.717) is 18.6 Å². The molecule has 4 aliphatic heterocycles. The fraction of sp³-hybridized carbons (Fsp3) is 0.576. The largest absolute Gasteiger partial charge is 0.493 e. The van der Waals surface area contributed by atoms with Crippen LogP contribution in [0.4, 0.5) is 4.79 Å². The molecule has 0 saturated carbocycles. The molecule has 0 aliphatic carbocycles. The summed E-state index contributed by atoms with van der Waals surface area (Å²) in [6, 6.07) is 9.24. The van der Waals surface area contributed by atoms with E-state index in [-0.39, 0.29) is 60.2 Å². The second-order valence-electron chi connectivity index (χ2n) is 12.7. The van der Waals surface area contributed by atoms with Crippen LogP contribution in [0.25, 0.3) is 0 Å². The van der Waals surface area contributed by atoms with Crippen molar-refractivity contribution in [3.05, 3.63) is 48.0 Å². The van der Waals surface area contributed by atoms with Crippen molar-refractivity contribution in [2.24, 2.45) is 11.8 Å². The van der Waals surface area contributed by atoms with Crippen molar-refractivity contribution in [3.8, 4) is 17.2 Å². The Morgan fingerprint density at radius 2 is 1.90 bits per heavy atom. The Morgan fingerprint density at radius 1 is 1.14 bits per heavy atom. The molecule has 0 radical (unpaired) electrons. The minimum atomic E-state index is -4.36. The van der Waals surface area contributed by atoms with Crippen LogP contribution in [0.2, 0.25) is 0 Å². The minimum absolute atomic E-state index is 0.00490. The van der Waals surface area contributed by atoms with Gasteiger partial charge in [-0.2, -0.15) is 4.31 Å². The van der Waals surface area contributed by atoms with E-state index in [4.69, 9.17) is 37.5 Å².